The quantitative estimate of drug-likeness (QED) is 0.774. The maximum absolute atomic E-state index is 12.7. The number of hydrogen-bond donors (Lipinski definition) is 1. The molecule has 1 aliphatic rings. The number of hydrazone groups is 1. The summed E-state index contributed by atoms with van der Waals surface area (Å²) >= 11 is 0. The molecule has 0 saturated heterocycles. The molecule has 0 saturated carbocycles. The number of methoxy groups -OCH3 is 2. The van der Waals surface area contributed by atoms with E-state index in [1.807, 2.05) is 0 Å². The van der Waals surface area contributed by atoms with Crippen LogP contribution >= 0.6 is 0 Å². The number of benzene rings is 1. The van der Waals surface area contributed by atoms with Gasteiger partial charge in [-0.15, -0.1) is 0 Å². The van der Waals surface area contributed by atoms with Gasteiger partial charge in [-0.2, -0.15) is 5.10 Å². The van der Waals surface area contributed by atoms with Crippen LogP contribution in [0.4, 0.5) is 0 Å². The third-order valence-electron chi connectivity index (χ3n) is 5.19. The van der Waals surface area contributed by atoms with Crippen LogP contribution in [0, 0.1) is 0 Å². The number of nitrogens with zero attached hydrogens (tertiary/aromatic N) is 4. The SMILES string of the molecule is CCC(=O)N1N=C(c2c(O)n(C)c(=O)n(C)c2=O)CC1c1cc(OC)ccc1OC. The number of hydrogen-bond acceptors (Lipinski definition) is 7. The fraction of sp³-hybridized carbons (Fsp3) is 0.400. The van der Waals surface area contributed by atoms with Crippen LogP contribution in [0.25, 0.3) is 0 Å². The minimum Gasteiger partial charge on any atom is -0.497 e. The molecule has 0 radical (unpaired) electrons. The van der Waals surface area contributed by atoms with Crippen LogP contribution in [0.1, 0.15) is 36.9 Å². The molecule has 10 heteroatoms. The topological polar surface area (TPSA) is 115 Å². The number of ether oxygens (including phenoxy) is 2. The summed E-state index contributed by atoms with van der Waals surface area (Å²) in [5.41, 5.74) is -0.597. The molecular weight excluding hydrogens is 392 g/mol. The normalized spacial score (nSPS) is 15.8. The number of aromatic hydroxyl groups is 1. The van der Waals surface area contributed by atoms with E-state index in [0.29, 0.717) is 17.1 Å². The molecule has 3 rings (SSSR count). The zero-order valence-corrected chi connectivity index (χ0v) is 17.5. The molecule has 30 heavy (non-hydrogen) atoms. The van der Waals surface area contributed by atoms with Crippen molar-refractivity contribution in [2.24, 2.45) is 19.2 Å². The largest absolute Gasteiger partial charge is 0.497 e. The molecule has 0 bridgehead atoms. The van der Waals surface area contributed by atoms with Crippen LogP contribution in [0.5, 0.6) is 17.4 Å². The standard InChI is InChI=1S/C20H24N4O6/c1-6-16(25)24-14(12-9-11(29-4)7-8-15(12)30-5)10-13(21-24)17-18(26)22(2)20(28)23(3)19(17)27/h7-9,14,26H,6,10H2,1-5H3. The molecule has 1 unspecified atom stereocenters. The van der Waals surface area contributed by atoms with Crippen molar-refractivity contribution in [3.63, 3.8) is 0 Å². The molecule has 0 fully saturated rings. The van der Waals surface area contributed by atoms with Crippen LogP contribution < -0.4 is 20.7 Å². The van der Waals surface area contributed by atoms with Crippen molar-refractivity contribution in [1.29, 1.82) is 0 Å². The van der Waals surface area contributed by atoms with Crippen LogP contribution in [-0.2, 0) is 18.9 Å². The van der Waals surface area contributed by atoms with E-state index in [1.54, 1.807) is 25.1 Å². The highest BCUT2D eigenvalue weighted by Crippen LogP contribution is 2.39. The lowest BCUT2D eigenvalue weighted by atomic mass is 9.98. The Labute approximate surface area is 172 Å². The fourth-order valence-corrected chi connectivity index (χ4v) is 3.48. The van der Waals surface area contributed by atoms with Crippen LogP contribution in [0.15, 0.2) is 32.9 Å². The first-order valence-electron chi connectivity index (χ1n) is 9.35. The van der Waals surface area contributed by atoms with Crippen LogP contribution in [0.3, 0.4) is 0 Å². The smallest absolute Gasteiger partial charge is 0.333 e. The fourth-order valence-electron chi connectivity index (χ4n) is 3.48. The first kappa shape index (κ1) is 21.2. The van der Waals surface area contributed by atoms with E-state index in [1.165, 1.54) is 33.3 Å². The molecule has 0 aliphatic carbocycles. The summed E-state index contributed by atoms with van der Waals surface area (Å²) < 4.78 is 12.6. The molecule has 1 amide bonds. The molecule has 1 atom stereocenters. The molecular formula is C20H24N4O6. The Morgan fingerprint density at radius 1 is 1.20 bits per heavy atom. The second-order valence-corrected chi connectivity index (χ2v) is 6.87. The summed E-state index contributed by atoms with van der Waals surface area (Å²) in [5, 5.41) is 16.1. The van der Waals surface area contributed by atoms with Crippen molar-refractivity contribution >= 4 is 11.6 Å². The average molecular weight is 416 g/mol. The molecule has 1 aromatic carbocycles. The average Bonchev–Trinajstić information content (AvgIpc) is 3.20. The predicted molar refractivity (Wildman–Crippen MR) is 109 cm³/mol. The molecule has 1 aromatic heterocycles. The van der Waals surface area contributed by atoms with E-state index in [0.717, 1.165) is 9.13 Å². The second-order valence-electron chi connectivity index (χ2n) is 6.87. The molecule has 2 heterocycles. The van der Waals surface area contributed by atoms with Gasteiger partial charge in [0.2, 0.25) is 11.8 Å². The molecule has 10 nitrogen and oxygen atoms in total. The van der Waals surface area contributed by atoms with E-state index in [2.05, 4.69) is 5.10 Å². The van der Waals surface area contributed by atoms with Gasteiger partial charge < -0.3 is 14.6 Å². The second kappa shape index (κ2) is 8.05. The highest BCUT2D eigenvalue weighted by atomic mass is 16.5. The third-order valence-corrected chi connectivity index (χ3v) is 5.19. The Morgan fingerprint density at radius 3 is 2.50 bits per heavy atom. The van der Waals surface area contributed by atoms with Crippen molar-refractivity contribution < 1.29 is 19.4 Å². The number of rotatable bonds is 5. The Bertz CT molecular complexity index is 1150. The van der Waals surface area contributed by atoms with Crippen molar-refractivity contribution in [3.05, 3.63) is 50.2 Å². The van der Waals surface area contributed by atoms with Crippen molar-refractivity contribution in [3.8, 4) is 17.4 Å². The van der Waals surface area contributed by atoms with E-state index in [-0.39, 0.29) is 30.0 Å². The van der Waals surface area contributed by atoms with Gasteiger partial charge in [-0.3, -0.25) is 18.7 Å². The highest BCUT2D eigenvalue weighted by Gasteiger charge is 2.37. The van der Waals surface area contributed by atoms with Gasteiger partial charge in [0.1, 0.15) is 17.1 Å². The summed E-state index contributed by atoms with van der Waals surface area (Å²) in [6.07, 6.45) is 0.340. The van der Waals surface area contributed by atoms with Gasteiger partial charge in [-0.25, -0.2) is 9.80 Å². The number of aromatic nitrogens is 2. The van der Waals surface area contributed by atoms with Crippen LogP contribution in [0.2, 0.25) is 0 Å². The van der Waals surface area contributed by atoms with Gasteiger partial charge in [-0.1, -0.05) is 6.92 Å². The zero-order valence-electron chi connectivity index (χ0n) is 17.5. The lowest BCUT2D eigenvalue weighted by Crippen LogP contribution is -2.39. The minimum atomic E-state index is -0.684. The number of carbonyl (C=O) groups excluding carboxylic acids is 1. The predicted octanol–water partition coefficient (Wildman–Crippen LogP) is 0.894. The first-order valence-corrected chi connectivity index (χ1v) is 9.35. The Morgan fingerprint density at radius 2 is 1.90 bits per heavy atom. The maximum atomic E-state index is 12.7. The number of carbonyl (C=O) groups is 1. The molecule has 160 valence electrons. The Hall–Kier alpha value is -3.56. The van der Waals surface area contributed by atoms with E-state index in [4.69, 9.17) is 9.47 Å². The Balaban J connectivity index is 2.18. The van der Waals surface area contributed by atoms with Gasteiger partial charge in [0.25, 0.3) is 5.56 Å². The summed E-state index contributed by atoms with van der Waals surface area (Å²) in [6.45, 7) is 1.71. The zero-order chi connectivity index (χ0) is 22.2. The van der Waals surface area contributed by atoms with Gasteiger partial charge >= 0.3 is 5.69 Å². The summed E-state index contributed by atoms with van der Waals surface area (Å²) in [7, 11) is 5.72. The van der Waals surface area contributed by atoms with E-state index < -0.39 is 23.2 Å². The number of amides is 1. The van der Waals surface area contributed by atoms with Gasteiger partial charge in [-0.05, 0) is 18.2 Å². The maximum Gasteiger partial charge on any atom is 0.333 e. The minimum absolute atomic E-state index is 0.113. The van der Waals surface area contributed by atoms with Crippen molar-refractivity contribution in [1.82, 2.24) is 14.1 Å². The van der Waals surface area contributed by atoms with E-state index in [9.17, 15) is 19.5 Å². The molecule has 2 aromatic rings. The highest BCUT2D eigenvalue weighted by molar-refractivity contribution is 6.04. The molecule has 0 spiro atoms. The monoisotopic (exact) mass is 416 g/mol. The lowest BCUT2D eigenvalue weighted by Gasteiger charge is -2.23. The van der Waals surface area contributed by atoms with Gasteiger partial charge in [0, 0.05) is 32.5 Å². The van der Waals surface area contributed by atoms with Crippen molar-refractivity contribution in [2.45, 2.75) is 25.8 Å². The summed E-state index contributed by atoms with van der Waals surface area (Å²) in [4.78, 5) is 37.4. The van der Waals surface area contributed by atoms with Gasteiger partial charge in [0.15, 0.2) is 0 Å². The summed E-state index contributed by atoms with van der Waals surface area (Å²) in [6, 6.07) is 4.64. The van der Waals surface area contributed by atoms with E-state index >= 15 is 0 Å². The summed E-state index contributed by atoms with van der Waals surface area (Å²) in [5.74, 6) is 0.345. The lowest BCUT2D eigenvalue weighted by molar-refractivity contribution is -0.132. The molecule has 1 N–H and O–H groups in total. The van der Waals surface area contributed by atoms with Crippen molar-refractivity contribution in [2.75, 3.05) is 14.2 Å². The third kappa shape index (κ3) is 3.34. The first-order chi connectivity index (χ1) is 14.2. The van der Waals surface area contributed by atoms with Gasteiger partial charge in [0.05, 0.1) is 26.0 Å². The molecule has 1 aliphatic heterocycles. The van der Waals surface area contributed by atoms with Crippen LogP contribution in [-0.4, -0.2) is 45.1 Å². The Kier molecular flexibility index (Phi) is 5.68.